The van der Waals surface area contributed by atoms with Crippen LogP contribution in [0.25, 0.3) is 0 Å². The van der Waals surface area contributed by atoms with Crippen molar-refractivity contribution in [3.63, 3.8) is 0 Å². The SMILES string of the molecule is CC(NC1CC1)C1CC1(C)C. The second-order valence-corrected chi connectivity index (χ2v) is 5.03. The van der Waals surface area contributed by atoms with Crippen LogP contribution in [0.3, 0.4) is 0 Å². The molecule has 2 aliphatic rings. The van der Waals surface area contributed by atoms with E-state index in [2.05, 4.69) is 26.1 Å². The first-order chi connectivity index (χ1) is 5.09. The lowest BCUT2D eigenvalue weighted by atomic mass is 10.1. The molecule has 64 valence electrons. The zero-order chi connectivity index (χ0) is 8.06. The van der Waals surface area contributed by atoms with Gasteiger partial charge in [0.2, 0.25) is 0 Å². The molecule has 0 saturated heterocycles. The highest BCUT2D eigenvalue weighted by atomic mass is 15.0. The normalized spacial score (nSPS) is 36.8. The standard InChI is InChI=1S/C10H19N/c1-7(11-8-4-5-8)9-6-10(9,2)3/h7-9,11H,4-6H2,1-3H3. The molecule has 0 aromatic carbocycles. The lowest BCUT2D eigenvalue weighted by Gasteiger charge is -2.14. The van der Waals surface area contributed by atoms with E-state index in [4.69, 9.17) is 0 Å². The van der Waals surface area contributed by atoms with Gasteiger partial charge in [0.05, 0.1) is 0 Å². The van der Waals surface area contributed by atoms with Crippen LogP contribution in [0.15, 0.2) is 0 Å². The van der Waals surface area contributed by atoms with E-state index in [0.717, 1.165) is 18.0 Å². The van der Waals surface area contributed by atoms with Gasteiger partial charge in [0.1, 0.15) is 0 Å². The van der Waals surface area contributed by atoms with Crippen molar-refractivity contribution in [2.75, 3.05) is 0 Å². The average Bonchev–Trinajstić information content (AvgIpc) is 2.71. The Morgan fingerprint density at radius 2 is 1.91 bits per heavy atom. The number of rotatable bonds is 3. The minimum Gasteiger partial charge on any atom is -0.311 e. The molecule has 1 heteroatoms. The third-order valence-electron chi connectivity index (χ3n) is 3.27. The maximum atomic E-state index is 3.67. The van der Waals surface area contributed by atoms with Crippen LogP contribution in [0.1, 0.15) is 40.0 Å². The Balaban J connectivity index is 1.77. The Hall–Kier alpha value is -0.0400. The molecule has 0 aromatic heterocycles. The Bertz CT molecular complexity index is 158. The molecule has 0 aromatic rings. The predicted molar refractivity (Wildman–Crippen MR) is 47.5 cm³/mol. The smallest absolute Gasteiger partial charge is 0.00748 e. The van der Waals surface area contributed by atoms with Crippen LogP contribution in [0, 0.1) is 11.3 Å². The molecule has 2 unspecified atom stereocenters. The highest BCUT2D eigenvalue weighted by Crippen LogP contribution is 2.53. The average molecular weight is 153 g/mol. The predicted octanol–water partition coefficient (Wildman–Crippen LogP) is 2.17. The largest absolute Gasteiger partial charge is 0.311 e. The summed E-state index contributed by atoms with van der Waals surface area (Å²) in [6, 6.07) is 1.64. The van der Waals surface area contributed by atoms with Crippen LogP contribution in [0.5, 0.6) is 0 Å². The van der Waals surface area contributed by atoms with Crippen molar-refractivity contribution in [1.82, 2.24) is 5.32 Å². The van der Waals surface area contributed by atoms with Gasteiger partial charge in [0.15, 0.2) is 0 Å². The molecule has 0 amide bonds. The van der Waals surface area contributed by atoms with E-state index in [1.807, 2.05) is 0 Å². The zero-order valence-corrected chi connectivity index (χ0v) is 7.85. The van der Waals surface area contributed by atoms with Crippen molar-refractivity contribution >= 4 is 0 Å². The summed E-state index contributed by atoms with van der Waals surface area (Å²) in [5.74, 6) is 0.947. The second-order valence-electron chi connectivity index (χ2n) is 5.03. The van der Waals surface area contributed by atoms with Crippen LogP contribution in [-0.4, -0.2) is 12.1 Å². The van der Waals surface area contributed by atoms with Crippen LogP contribution < -0.4 is 5.32 Å². The first-order valence-corrected chi connectivity index (χ1v) is 4.86. The van der Waals surface area contributed by atoms with Gasteiger partial charge in [-0.25, -0.2) is 0 Å². The van der Waals surface area contributed by atoms with Crippen molar-refractivity contribution in [2.45, 2.75) is 52.1 Å². The van der Waals surface area contributed by atoms with Crippen molar-refractivity contribution < 1.29 is 0 Å². The molecule has 2 fully saturated rings. The van der Waals surface area contributed by atoms with E-state index in [0.29, 0.717) is 5.41 Å². The van der Waals surface area contributed by atoms with Crippen molar-refractivity contribution in [2.24, 2.45) is 11.3 Å². The van der Waals surface area contributed by atoms with E-state index >= 15 is 0 Å². The lowest BCUT2D eigenvalue weighted by molar-refractivity contribution is 0.426. The molecule has 11 heavy (non-hydrogen) atoms. The maximum Gasteiger partial charge on any atom is 0.00748 e. The van der Waals surface area contributed by atoms with Gasteiger partial charge in [-0.15, -0.1) is 0 Å². The highest BCUT2D eigenvalue weighted by molar-refractivity contribution is 5.01. The minimum atomic E-state index is 0.640. The molecular weight excluding hydrogens is 134 g/mol. The summed E-state index contributed by atoms with van der Waals surface area (Å²) in [6.07, 6.45) is 4.25. The van der Waals surface area contributed by atoms with Gasteiger partial charge in [-0.05, 0) is 37.5 Å². The molecule has 2 rings (SSSR count). The van der Waals surface area contributed by atoms with Gasteiger partial charge < -0.3 is 5.32 Å². The molecule has 0 spiro atoms. The summed E-state index contributed by atoms with van der Waals surface area (Å²) in [5, 5.41) is 3.67. The van der Waals surface area contributed by atoms with E-state index in [-0.39, 0.29) is 0 Å². The van der Waals surface area contributed by atoms with Gasteiger partial charge >= 0.3 is 0 Å². The van der Waals surface area contributed by atoms with Gasteiger partial charge in [-0.1, -0.05) is 13.8 Å². The molecule has 0 radical (unpaired) electrons. The van der Waals surface area contributed by atoms with E-state index in [1.54, 1.807) is 0 Å². The van der Waals surface area contributed by atoms with Crippen LogP contribution in [0.4, 0.5) is 0 Å². The third kappa shape index (κ3) is 1.58. The fraction of sp³-hybridized carbons (Fsp3) is 1.00. The quantitative estimate of drug-likeness (QED) is 0.655. The Kier molecular flexibility index (Phi) is 1.54. The monoisotopic (exact) mass is 153 g/mol. The Labute approximate surface area is 69.6 Å². The molecule has 1 nitrogen and oxygen atoms in total. The maximum absolute atomic E-state index is 3.67. The van der Waals surface area contributed by atoms with Crippen LogP contribution >= 0.6 is 0 Å². The summed E-state index contributed by atoms with van der Waals surface area (Å²) in [6.45, 7) is 7.10. The minimum absolute atomic E-state index is 0.640. The fourth-order valence-electron chi connectivity index (χ4n) is 2.10. The van der Waals surface area contributed by atoms with Crippen molar-refractivity contribution in [1.29, 1.82) is 0 Å². The fourth-order valence-corrected chi connectivity index (χ4v) is 2.10. The van der Waals surface area contributed by atoms with Crippen molar-refractivity contribution in [3.05, 3.63) is 0 Å². The van der Waals surface area contributed by atoms with E-state index in [9.17, 15) is 0 Å². The molecule has 2 aliphatic carbocycles. The summed E-state index contributed by atoms with van der Waals surface area (Å²) < 4.78 is 0. The molecule has 0 bridgehead atoms. The van der Waals surface area contributed by atoms with E-state index in [1.165, 1.54) is 19.3 Å². The highest BCUT2D eigenvalue weighted by Gasteiger charge is 2.49. The number of hydrogen-bond donors (Lipinski definition) is 1. The lowest BCUT2D eigenvalue weighted by Crippen LogP contribution is -2.31. The number of nitrogens with one attached hydrogen (secondary N) is 1. The molecule has 0 aliphatic heterocycles. The summed E-state index contributed by atoms with van der Waals surface area (Å²) in [4.78, 5) is 0. The van der Waals surface area contributed by atoms with E-state index < -0.39 is 0 Å². The Morgan fingerprint density at radius 1 is 1.36 bits per heavy atom. The van der Waals surface area contributed by atoms with Gasteiger partial charge in [-0.3, -0.25) is 0 Å². The molecule has 2 atom stereocenters. The second kappa shape index (κ2) is 2.22. The first kappa shape index (κ1) is 7.60. The molecular formula is C10H19N. The molecule has 2 saturated carbocycles. The van der Waals surface area contributed by atoms with Crippen LogP contribution in [-0.2, 0) is 0 Å². The summed E-state index contributed by atoms with van der Waals surface area (Å²) in [7, 11) is 0. The summed E-state index contributed by atoms with van der Waals surface area (Å²) in [5.41, 5.74) is 0.640. The first-order valence-electron chi connectivity index (χ1n) is 4.86. The Morgan fingerprint density at radius 3 is 2.27 bits per heavy atom. The molecule has 1 N–H and O–H groups in total. The third-order valence-corrected chi connectivity index (χ3v) is 3.27. The van der Waals surface area contributed by atoms with Gasteiger partial charge in [0.25, 0.3) is 0 Å². The van der Waals surface area contributed by atoms with Crippen molar-refractivity contribution in [3.8, 4) is 0 Å². The van der Waals surface area contributed by atoms with Gasteiger partial charge in [-0.2, -0.15) is 0 Å². The zero-order valence-electron chi connectivity index (χ0n) is 7.85. The molecule has 0 heterocycles. The van der Waals surface area contributed by atoms with Gasteiger partial charge in [0, 0.05) is 12.1 Å². The number of hydrogen-bond acceptors (Lipinski definition) is 1. The topological polar surface area (TPSA) is 12.0 Å². The summed E-state index contributed by atoms with van der Waals surface area (Å²) >= 11 is 0. The van der Waals surface area contributed by atoms with Crippen LogP contribution in [0.2, 0.25) is 0 Å².